The van der Waals surface area contributed by atoms with E-state index in [1.807, 2.05) is 37.2 Å². The van der Waals surface area contributed by atoms with E-state index in [1.165, 1.54) is 0 Å². The van der Waals surface area contributed by atoms with Crippen molar-refractivity contribution in [3.63, 3.8) is 0 Å². The number of carbonyl (C=O) groups is 1. The van der Waals surface area contributed by atoms with Gasteiger partial charge in [-0.1, -0.05) is 0 Å². The molecule has 0 radical (unpaired) electrons. The predicted molar refractivity (Wildman–Crippen MR) is 95.7 cm³/mol. The number of imidazole rings is 1. The van der Waals surface area contributed by atoms with E-state index >= 15 is 0 Å². The molecule has 3 aromatic rings. The molecule has 26 heavy (non-hydrogen) atoms. The van der Waals surface area contributed by atoms with Crippen LogP contribution < -0.4 is 0 Å². The predicted octanol–water partition coefficient (Wildman–Crippen LogP) is 1.72. The molecule has 1 fully saturated rings. The maximum absolute atomic E-state index is 12.4. The van der Waals surface area contributed by atoms with Crippen molar-refractivity contribution in [2.45, 2.75) is 32.2 Å². The van der Waals surface area contributed by atoms with Gasteiger partial charge in [-0.05, 0) is 31.9 Å². The van der Waals surface area contributed by atoms with Crippen LogP contribution in [0.1, 0.15) is 46.7 Å². The van der Waals surface area contributed by atoms with E-state index in [1.54, 1.807) is 12.4 Å². The number of aromatic amines is 1. The summed E-state index contributed by atoms with van der Waals surface area (Å²) >= 11 is 0. The fourth-order valence-corrected chi connectivity index (χ4v) is 3.57. The summed E-state index contributed by atoms with van der Waals surface area (Å²) in [5.74, 6) is 3.29. The fraction of sp³-hybridized carbons (Fsp3) is 0.444. The number of H-pyrrole nitrogens is 1. The van der Waals surface area contributed by atoms with Crippen LogP contribution in [0.5, 0.6) is 0 Å². The third kappa shape index (κ3) is 3.02. The fourth-order valence-electron chi connectivity index (χ4n) is 3.57. The minimum absolute atomic E-state index is 0.0719. The largest absolute Gasteiger partial charge is 0.357 e. The van der Waals surface area contributed by atoms with Gasteiger partial charge in [-0.25, -0.2) is 4.98 Å². The van der Waals surface area contributed by atoms with Crippen LogP contribution in [0, 0.1) is 6.92 Å². The Kier molecular flexibility index (Phi) is 4.32. The van der Waals surface area contributed by atoms with Crippen LogP contribution in [-0.2, 0) is 13.6 Å². The average Bonchev–Trinajstić information content (AvgIpc) is 3.39. The first-order chi connectivity index (χ1) is 12.6. The Labute approximate surface area is 151 Å². The van der Waals surface area contributed by atoms with Gasteiger partial charge in [-0.15, -0.1) is 10.2 Å². The molecule has 1 N–H and O–H groups in total. The zero-order chi connectivity index (χ0) is 18.1. The first-order valence-corrected chi connectivity index (χ1v) is 8.92. The van der Waals surface area contributed by atoms with Gasteiger partial charge < -0.3 is 19.0 Å². The smallest absolute Gasteiger partial charge is 0.270 e. The zero-order valence-electron chi connectivity index (χ0n) is 15.1. The van der Waals surface area contributed by atoms with Gasteiger partial charge in [0.25, 0.3) is 5.91 Å². The van der Waals surface area contributed by atoms with E-state index < -0.39 is 0 Å². The van der Waals surface area contributed by atoms with Crippen LogP contribution in [0.3, 0.4) is 0 Å². The molecule has 0 spiro atoms. The minimum atomic E-state index is 0.0719. The molecule has 0 atom stereocenters. The summed E-state index contributed by atoms with van der Waals surface area (Å²) in [5.41, 5.74) is 0.653. The molecule has 4 rings (SSSR count). The molecule has 4 heterocycles. The first kappa shape index (κ1) is 16.6. The van der Waals surface area contributed by atoms with Crippen LogP contribution in [-0.4, -0.2) is 53.2 Å². The normalized spacial score (nSPS) is 15.5. The van der Waals surface area contributed by atoms with Crippen molar-refractivity contribution in [1.82, 2.24) is 34.2 Å². The zero-order valence-corrected chi connectivity index (χ0v) is 15.1. The van der Waals surface area contributed by atoms with Crippen molar-refractivity contribution >= 4 is 5.91 Å². The maximum atomic E-state index is 12.4. The number of piperidine rings is 1. The summed E-state index contributed by atoms with van der Waals surface area (Å²) in [6.07, 6.45) is 7.34. The van der Waals surface area contributed by atoms with Gasteiger partial charge in [-0.2, -0.15) is 0 Å². The lowest BCUT2D eigenvalue weighted by molar-refractivity contribution is 0.0705. The highest BCUT2D eigenvalue weighted by atomic mass is 16.2. The number of aromatic nitrogens is 6. The van der Waals surface area contributed by atoms with E-state index in [0.29, 0.717) is 18.2 Å². The molecular formula is C18H23N7O. The van der Waals surface area contributed by atoms with Crippen molar-refractivity contribution in [2.24, 2.45) is 7.05 Å². The number of nitrogens with zero attached hydrogens (tertiary/aromatic N) is 6. The highest BCUT2D eigenvalue weighted by Crippen LogP contribution is 2.27. The molecule has 8 nitrogen and oxygen atoms in total. The van der Waals surface area contributed by atoms with Gasteiger partial charge in [0.05, 0.1) is 6.54 Å². The molecule has 0 bridgehead atoms. The molecule has 0 unspecified atom stereocenters. The van der Waals surface area contributed by atoms with E-state index in [-0.39, 0.29) is 5.91 Å². The molecule has 0 aromatic carbocycles. The van der Waals surface area contributed by atoms with Gasteiger partial charge >= 0.3 is 0 Å². The standard InChI is InChI=1S/C18H23N7O/c1-13-19-8-11-25(13)12-16-21-22-17(23(16)2)14-5-9-24(10-6-14)18(26)15-4-3-7-20-15/h3-4,7-8,11,14,20H,5-6,9-10,12H2,1-2H3. The Morgan fingerprint density at radius 1 is 1.31 bits per heavy atom. The van der Waals surface area contributed by atoms with Gasteiger partial charge in [0.1, 0.15) is 17.3 Å². The summed E-state index contributed by atoms with van der Waals surface area (Å²) in [4.78, 5) is 21.6. The van der Waals surface area contributed by atoms with Crippen molar-refractivity contribution in [3.8, 4) is 0 Å². The Hall–Kier alpha value is -2.90. The third-order valence-corrected chi connectivity index (χ3v) is 5.21. The average molecular weight is 353 g/mol. The molecule has 8 heteroatoms. The van der Waals surface area contributed by atoms with Gasteiger partial charge in [0, 0.05) is 44.6 Å². The molecule has 1 aliphatic heterocycles. The second-order valence-electron chi connectivity index (χ2n) is 6.79. The quantitative estimate of drug-likeness (QED) is 0.774. The Bertz CT molecular complexity index is 885. The number of amides is 1. The van der Waals surface area contributed by atoms with Crippen molar-refractivity contribution in [2.75, 3.05) is 13.1 Å². The Morgan fingerprint density at radius 2 is 2.12 bits per heavy atom. The van der Waals surface area contributed by atoms with E-state index in [2.05, 4.69) is 29.3 Å². The summed E-state index contributed by atoms with van der Waals surface area (Å²) < 4.78 is 4.15. The topological polar surface area (TPSA) is 84.6 Å². The Morgan fingerprint density at radius 3 is 2.77 bits per heavy atom. The summed E-state index contributed by atoms with van der Waals surface area (Å²) in [6, 6.07) is 3.67. The van der Waals surface area contributed by atoms with E-state index in [4.69, 9.17) is 0 Å². The van der Waals surface area contributed by atoms with Crippen molar-refractivity contribution in [1.29, 1.82) is 0 Å². The monoisotopic (exact) mass is 353 g/mol. The van der Waals surface area contributed by atoms with Gasteiger partial charge in [0.15, 0.2) is 5.82 Å². The molecule has 1 aliphatic rings. The highest BCUT2D eigenvalue weighted by molar-refractivity contribution is 5.92. The van der Waals surface area contributed by atoms with Gasteiger partial charge in [-0.3, -0.25) is 4.79 Å². The molecule has 3 aromatic heterocycles. The molecule has 136 valence electrons. The van der Waals surface area contributed by atoms with E-state index in [0.717, 1.165) is 43.4 Å². The number of carbonyl (C=O) groups excluding carboxylic acids is 1. The number of rotatable bonds is 4. The van der Waals surface area contributed by atoms with E-state index in [9.17, 15) is 4.79 Å². The summed E-state index contributed by atoms with van der Waals surface area (Å²) in [7, 11) is 2.02. The lowest BCUT2D eigenvalue weighted by atomic mass is 9.95. The lowest BCUT2D eigenvalue weighted by Crippen LogP contribution is -2.38. The third-order valence-electron chi connectivity index (χ3n) is 5.21. The van der Waals surface area contributed by atoms with Crippen LogP contribution in [0.4, 0.5) is 0 Å². The molecule has 1 saturated heterocycles. The number of nitrogens with one attached hydrogen (secondary N) is 1. The number of aryl methyl sites for hydroxylation is 1. The Balaban J connectivity index is 1.42. The number of hydrogen-bond donors (Lipinski definition) is 1. The van der Waals surface area contributed by atoms with Gasteiger partial charge in [0.2, 0.25) is 0 Å². The van der Waals surface area contributed by atoms with Crippen LogP contribution in [0.25, 0.3) is 0 Å². The molecular weight excluding hydrogens is 330 g/mol. The lowest BCUT2D eigenvalue weighted by Gasteiger charge is -2.31. The second kappa shape index (κ2) is 6.78. The minimum Gasteiger partial charge on any atom is -0.357 e. The molecule has 0 aliphatic carbocycles. The summed E-state index contributed by atoms with van der Waals surface area (Å²) in [6.45, 7) is 4.13. The SMILES string of the molecule is Cc1nccn1Cc1nnc(C2CCN(C(=O)c3ccc[nH]3)CC2)n1C. The highest BCUT2D eigenvalue weighted by Gasteiger charge is 2.28. The number of likely N-dealkylation sites (tertiary alicyclic amines) is 1. The molecule has 1 amide bonds. The van der Waals surface area contributed by atoms with Crippen molar-refractivity contribution in [3.05, 3.63) is 53.9 Å². The van der Waals surface area contributed by atoms with Crippen LogP contribution >= 0.6 is 0 Å². The second-order valence-corrected chi connectivity index (χ2v) is 6.79. The van der Waals surface area contributed by atoms with Crippen LogP contribution in [0.15, 0.2) is 30.7 Å². The molecule has 0 saturated carbocycles. The first-order valence-electron chi connectivity index (χ1n) is 8.92. The summed E-state index contributed by atoms with van der Waals surface area (Å²) in [5, 5.41) is 8.82. The maximum Gasteiger partial charge on any atom is 0.270 e. The van der Waals surface area contributed by atoms with Crippen LogP contribution in [0.2, 0.25) is 0 Å². The van der Waals surface area contributed by atoms with Crippen molar-refractivity contribution < 1.29 is 4.79 Å². The number of hydrogen-bond acceptors (Lipinski definition) is 4.